The molecule has 0 aliphatic rings. The third-order valence-electron chi connectivity index (χ3n) is 2.46. The first kappa shape index (κ1) is 13.7. The number of carbonyl (C=O) groups is 1. The number of aromatic nitrogens is 2. The first-order valence-electron chi connectivity index (χ1n) is 6.11. The second-order valence-electron chi connectivity index (χ2n) is 4.33. The maximum Gasteiger partial charge on any atom is 0.257 e. The Labute approximate surface area is 117 Å². The van der Waals surface area contributed by atoms with Crippen molar-refractivity contribution < 1.29 is 9.53 Å². The van der Waals surface area contributed by atoms with E-state index < -0.39 is 0 Å². The van der Waals surface area contributed by atoms with Gasteiger partial charge in [-0.05, 0) is 30.7 Å². The molecule has 5 nitrogen and oxygen atoms in total. The largest absolute Gasteiger partial charge is 0.487 e. The number of ether oxygens (including phenoxy) is 1. The summed E-state index contributed by atoms with van der Waals surface area (Å²) in [4.78, 5) is 12.1. The molecule has 0 unspecified atom stereocenters. The zero-order valence-electron chi connectivity index (χ0n) is 11.2. The summed E-state index contributed by atoms with van der Waals surface area (Å²) in [5, 5.41) is 10.1. The van der Waals surface area contributed by atoms with Crippen LogP contribution in [0.1, 0.15) is 17.3 Å². The van der Waals surface area contributed by atoms with Crippen LogP contribution in [0.3, 0.4) is 0 Å². The van der Waals surface area contributed by atoms with Gasteiger partial charge < -0.3 is 10.1 Å². The van der Waals surface area contributed by atoms with E-state index in [1.807, 2.05) is 19.1 Å². The van der Waals surface area contributed by atoms with Crippen LogP contribution in [0.5, 0.6) is 5.75 Å². The van der Waals surface area contributed by atoms with E-state index in [1.165, 1.54) is 12.4 Å². The molecule has 1 aromatic heterocycles. The Bertz CT molecular complexity index is 612. The van der Waals surface area contributed by atoms with E-state index in [9.17, 15) is 4.79 Å². The Kier molecular flexibility index (Phi) is 4.44. The van der Waals surface area contributed by atoms with Crippen LogP contribution in [0, 0.1) is 0 Å². The number of anilines is 1. The topological polar surface area (TPSA) is 64.1 Å². The number of para-hydroxylation sites is 2. The van der Waals surface area contributed by atoms with Crippen LogP contribution < -0.4 is 10.1 Å². The van der Waals surface area contributed by atoms with Crippen molar-refractivity contribution in [3.05, 3.63) is 60.4 Å². The molecule has 2 aromatic rings. The molecule has 1 aromatic carbocycles. The molecule has 0 spiro atoms. The third-order valence-corrected chi connectivity index (χ3v) is 2.46. The van der Waals surface area contributed by atoms with Crippen molar-refractivity contribution in [2.75, 3.05) is 11.9 Å². The highest BCUT2D eigenvalue weighted by atomic mass is 16.5. The summed E-state index contributed by atoms with van der Waals surface area (Å²) in [6.45, 7) is 6.07. The molecule has 0 bridgehead atoms. The molecule has 20 heavy (non-hydrogen) atoms. The number of nitrogens with one attached hydrogen (secondary N) is 1. The molecule has 102 valence electrons. The molecule has 1 amide bonds. The number of rotatable bonds is 5. The van der Waals surface area contributed by atoms with E-state index in [4.69, 9.17) is 4.74 Å². The second kappa shape index (κ2) is 6.47. The Morgan fingerprint density at radius 1 is 1.30 bits per heavy atom. The molecule has 2 rings (SSSR count). The maximum atomic E-state index is 12.1. The number of hydrogen-bond donors (Lipinski definition) is 1. The second-order valence-corrected chi connectivity index (χ2v) is 4.33. The van der Waals surface area contributed by atoms with Gasteiger partial charge in [0.05, 0.1) is 23.6 Å². The van der Waals surface area contributed by atoms with Crippen molar-refractivity contribution in [2.45, 2.75) is 6.92 Å². The number of nitrogens with zero attached hydrogens (tertiary/aromatic N) is 2. The van der Waals surface area contributed by atoms with Crippen LogP contribution in [0.15, 0.2) is 54.9 Å². The van der Waals surface area contributed by atoms with Gasteiger partial charge in [0.1, 0.15) is 12.4 Å². The minimum Gasteiger partial charge on any atom is -0.487 e. The quantitative estimate of drug-likeness (QED) is 0.848. The van der Waals surface area contributed by atoms with Crippen LogP contribution in [0.4, 0.5) is 5.69 Å². The van der Waals surface area contributed by atoms with Crippen molar-refractivity contribution in [1.29, 1.82) is 0 Å². The first-order valence-corrected chi connectivity index (χ1v) is 6.11. The van der Waals surface area contributed by atoms with Crippen LogP contribution in [0.25, 0.3) is 0 Å². The lowest BCUT2D eigenvalue weighted by Gasteiger charge is -2.12. The summed E-state index contributed by atoms with van der Waals surface area (Å²) in [5.74, 6) is 0.345. The van der Waals surface area contributed by atoms with Gasteiger partial charge in [-0.3, -0.25) is 4.79 Å². The van der Waals surface area contributed by atoms with Crippen LogP contribution in [-0.4, -0.2) is 22.7 Å². The molecule has 0 saturated heterocycles. The lowest BCUT2D eigenvalue weighted by molar-refractivity contribution is 0.102. The molecule has 0 saturated carbocycles. The summed E-state index contributed by atoms with van der Waals surface area (Å²) < 4.78 is 5.59. The van der Waals surface area contributed by atoms with Crippen molar-refractivity contribution in [3.8, 4) is 5.75 Å². The van der Waals surface area contributed by atoms with Gasteiger partial charge in [-0.25, -0.2) is 0 Å². The lowest BCUT2D eigenvalue weighted by Crippen LogP contribution is -2.13. The summed E-state index contributed by atoms with van der Waals surface area (Å²) in [7, 11) is 0. The summed E-state index contributed by atoms with van der Waals surface area (Å²) in [5.41, 5.74) is 1.95. The van der Waals surface area contributed by atoms with Crippen molar-refractivity contribution in [1.82, 2.24) is 10.2 Å². The number of benzene rings is 1. The molecule has 5 heteroatoms. The van der Waals surface area contributed by atoms with Crippen molar-refractivity contribution in [3.63, 3.8) is 0 Å². The SMILES string of the molecule is C=C(C)COc1ccccc1NC(=O)c1ccnnc1. The zero-order valence-corrected chi connectivity index (χ0v) is 11.2. The molecule has 0 aliphatic carbocycles. The van der Waals surface area contributed by atoms with Gasteiger partial charge in [0, 0.05) is 0 Å². The molecule has 1 heterocycles. The Morgan fingerprint density at radius 3 is 2.80 bits per heavy atom. The number of amides is 1. The van der Waals surface area contributed by atoms with E-state index in [2.05, 4.69) is 22.1 Å². The molecule has 0 atom stereocenters. The van der Waals surface area contributed by atoms with Crippen molar-refractivity contribution in [2.24, 2.45) is 0 Å². The molecular weight excluding hydrogens is 254 g/mol. The van der Waals surface area contributed by atoms with E-state index in [0.29, 0.717) is 23.6 Å². The van der Waals surface area contributed by atoms with Crippen LogP contribution >= 0.6 is 0 Å². The number of hydrogen-bond acceptors (Lipinski definition) is 4. The highest BCUT2D eigenvalue weighted by molar-refractivity contribution is 6.04. The predicted octanol–water partition coefficient (Wildman–Crippen LogP) is 2.68. The fourth-order valence-corrected chi connectivity index (χ4v) is 1.52. The summed E-state index contributed by atoms with van der Waals surface area (Å²) in [6, 6.07) is 8.84. The lowest BCUT2D eigenvalue weighted by atomic mass is 10.2. The van der Waals surface area contributed by atoms with Gasteiger partial charge in [0.15, 0.2) is 0 Å². The van der Waals surface area contributed by atoms with Gasteiger partial charge >= 0.3 is 0 Å². The third kappa shape index (κ3) is 3.65. The average molecular weight is 269 g/mol. The van der Waals surface area contributed by atoms with Gasteiger partial charge in [-0.2, -0.15) is 10.2 Å². The van der Waals surface area contributed by atoms with Crippen LogP contribution in [0.2, 0.25) is 0 Å². The predicted molar refractivity (Wildman–Crippen MR) is 76.7 cm³/mol. The molecular formula is C15H15N3O2. The standard InChI is InChI=1S/C15H15N3O2/c1-11(2)10-20-14-6-4-3-5-13(14)18-15(19)12-7-8-16-17-9-12/h3-9H,1,10H2,2H3,(H,18,19). The Balaban J connectivity index is 2.13. The van der Waals surface area contributed by atoms with Gasteiger partial charge in [0.25, 0.3) is 5.91 Å². The Morgan fingerprint density at radius 2 is 2.10 bits per heavy atom. The molecule has 1 N–H and O–H groups in total. The van der Waals surface area contributed by atoms with Gasteiger partial charge in [-0.15, -0.1) is 0 Å². The first-order chi connectivity index (χ1) is 9.66. The fourth-order valence-electron chi connectivity index (χ4n) is 1.52. The van der Waals surface area contributed by atoms with Crippen LogP contribution in [-0.2, 0) is 0 Å². The Hall–Kier alpha value is -2.69. The molecule has 0 fully saturated rings. The van der Waals surface area contributed by atoms with Crippen molar-refractivity contribution >= 4 is 11.6 Å². The average Bonchev–Trinajstić information content (AvgIpc) is 2.47. The summed E-state index contributed by atoms with van der Waals surface area (Å²) >= 11 is 0. The van der Waals surface area contributed by atoms with E-state index in [1.54, 1.807) is 18.2 Å². The minimum atomic E-state index is -0.258. The normalized spacial score (nSPS) is 9.85. The number of carbonyl (C=O) groups excluding carboxylic acids is 1. The van der Waals surface area contributed by atoms with E-state index in [-0.39, 0.29) is 5.91 Å². The maximum absolute atomic E-state index is 12.1. The molecule has 0 radical (unpaired) electrons. The zero-order chi connectivity index (χ0) is 14.4. The monoisotopic (exact) mass is 269 g/mol. The van der Waals surface area contributed by atoms with E-state index in [0.717, 1.165) is 5.57 Å². The van der Waals surface area contributed by atoms with Gasteiger partial charge in [-0.1, -0.05) is 18.7 Å². The smallest absolute Gasteiger partial charge is 0.257 e. The fraction of sp³-hybridized carbons (Fsp3) is 0.133. The highest BCUT2D eigenvalue weighted by Gasteiger charge is 2.09. The summed E-state index contributed by atoms with van der Waals surface area (Å²) in [6.07, 6.45) is 2.88. The van der Waals surface area contributed by atoms with E-state index >= 15 is 0 Å². The highest BCUT2D eigenvalue weighted by Crippen LogP contribution is 2.24. The molecule has 0 aliphatic heterocycles. The minimum absolute atomic E-state index is 0.258. The van der Waals surface area contributed by atoms with Gasteiger partial charge in [0.2, 0.25) is 0 Å².